The van der Waals surface area contributed by atoms with E-state index in [2.05, 4.69) is 20.2 Å². The summed E-state index contributed by atoms with van der Waals surface area (Å²) in [5, 5.41) is 22.7. The van der Waals surface area contributed by atoms with E-state index in [1.807, 2.05) is 47.3 Å². The molecule has 0 unspecified atom stereocenters. The normalized spacial score (nSPS) is 11.5. The predicted octanol–water partition coefficient (Wildman–Crippen LogP) is 2.49. The Balaban J connectivity index is 1.60. The molecule has 8 nitrogen and oxygen atoms in total. The van der Waals surface area contributed by atoms with Gasteiger partial charge < -0.3 is 10.8 Å². The molecule has 1 aromatic carbocycles. The number of nitrogen functional groups attached to an aromatic ring is 1. The van der Waals surface area contributed by atoms with Gasteiger partial charge in [-0.05, 0) is 35.9 Å². The van der Waals surface area contributed by atoms with Gasteiger partial charge in [0, 0.05) is 29.5 Å². The molecule has 8 heteroatoms. The first kappa shape index (κ1) is 16.4. The fraction of sp³-hybridized carbons (Fsp3) is 0.100. The van der Waals surface area contributed by atoms with Crippen molar-refractivity contribution < 1.29 is 5.11 Å². The number of aromatic amines is 1. The second kappa shape index (κ2) is 6.43. The number of benzene rings is 1. The Morgan fingerprint density at radius 2 is 2.00 bits per heavy atom. The average Bonchev–Trinajstić information content (AvgIpc) is 3.38. The van der Waals surface area contributed by atoms with E-state index in [1.54, 1.807) is 12.4 Å². The smallest absolute Gasteiger partial charge is 0.135 e. The Hall–Kier alpha value is -3.78. The number of aliphatic hydroxyl groups is 1. The van der Waals surface area contributed by atoms with Crippen LogP contribution < -0.4 is 5.73 Å². The van der Waals surface area contributed by atoms with Crippen molar-refractivity contribution in [3.05, 3.63) is 66.2 Å². The van der Waals surface area contributed by atoms with Crippen LogP contribution in [0.25, 0.3) is 33.1 Å². The number of nitrogens with one attached hydrogen (secondary N) is 1. The lowest BCUT2D eigenvalue weighted by Crippen LogP contribution is -2.01. The largest absolute Gasteiger partial charge is 0.390 e. The molecular formula is C20H17N7O. The highest BCUT2D eigenvalue weighted by molar-refractivity contribution is 6.08. The van der Waals surface area contributed by atoms with Gasteiger partial charge in [0.15, 0.2) is 0 Å². The third-order valence-corrected chi connectivity index (χ3v) is 4.73. The maximum atomic E-state index is 9.27. The number of aromatic nitrogens is 6. The van der Waals surface area contributed by atoms with Gasteiger partial charge in [-0.2, -0.15) is 10.2 Å². The number of fused-ring (bicyclic) bond motifs is 3. The molecule has 0 amide bonds. The van der Waals surface area contributed by atoms with Crippen molar-refractivity contribution in [2.75, 3.05) is 5.73 Å². The highest BCUT2D eigenvalue weighted by Crippen LogP contribution is 2.29. The summed E-state index contributed by atoms with van der Waals surface area (Å²) in [4.78, 5) is 8.68. The minimum absolute atomic E-state index is 0.0882. The van der Waals surface area contributed by atoms with Crippen molar-refractivity contribution in [2.24, 2.45) is 0 Å². The van der Waals surface area contributed by atoms with E-state index in [0.29, 0.717) is 18.1 Å². The van der Waals surface area contributed by atoms with Crippen LogP contribution in [0.5, 0.6) is 0 Å². The van der Waals surface area contributed by atoms with Crippen LogP contribution in [0.1, 0.15) is 11.3 Å². The van der Waals surface area contributed by atoms with E-state index in [9.17, 15) is 5.11 Å². The zero-order valence-corrected chi connectivity index (χ0v) is 14.9. The monoisotopic (exact) mass is 371 g/mol. The van der Waals surface area contributed by atoms with E-state index < -0.39 is 0 Å². The Labute approximate surface area is 159 Å². The molecule has 0 aliphatic heterocycles. The number of hydrogen-bond donors (Lipinski definition) is 3. The number of nitrogens with two attached hydrogens (primary N) is 1. The number of H-pyrrole nitrogens is 1. The first-order chi connectivity index (χ1) is 13.7. The molecule has 4 aromatic heterocycles. The molecule has 138 valence electrons. The van der Waals surface area contributed by atoms with Gasteiger partial charge in [-0.1, -0.05) is 6.07 Å². The third-order valence-electron chi connectivity index (χ3n) is 4.73. The summed E-state index contributed by atoms with van der Waals surface area (Å²) in [6.07, 6.45) is 5.30. The van der Waals surface area contributed by atoms with E-state index in [0.717, 1.165) is 38.6 Å². The van der Waals surface area contributed by atoms with E-state index in [-0.39, 0.29) is 6.61 Å². The number of rotatable bonds is 4. The highest BCUT2D eigenvalue weighted by atomic mass is 16.3. The molecule has 0 saturated heterocycles. The van der Waals surface area contributed by atoms with E-state index >= 15 is 0 Å². The van der Waals surface area contributed by atoms with Gasteiger partial charge in [0.2, 0.25) is 0 Å². The van der Waals surface area contributed by atoms with Crippen LogP contribution in [0.2, 0.25) is 0 Å². The SMILES string of the molecule is Nc1nc2cc(-c3ccn[nH]3)ccc2c2nn(Cc3ccnc(CO)c3)cc12. The van der Waals surface area contributed by atoms with Crippen LogP contribution in [0.4, 0.5) is 5.82 Å². The number of hydrogen-bond acceptors (Lipinski definition) is 6. The molecule has 28 heavy (non-hydrogen) atoms. The zero-order valence-electron chi connectivity index (χ0n) is 14.9. The second-order valence-corrected chi connectivity index (χ2v) is 6.60. The van der Waals surface area contributed by atoms with Crippen LogP contribution in [-0.4, -0.2) is 35.1 Å². The highest BCUT2D eigenvalue weighted by Gasteiger charge is 2.12. The zero-order chi connectivity index (χ0) is 19.1. The average molecular weight is 371 g/mol. The molecule has 0 atom stereocenters. The van der Waals surface area contributed by atoms with Gasteiger partial charge in [-0.25, -0.2) is 4.98 Å². The summed E-state index contributed by atoms with van der Waals surface area (Å²) >= 11 is 0. The van der Waals surface area contributed by atoms with Crippen molar-refractivity contribution in [1.82, 2.24) is 29.9 Å². The van der Waals surface area contributed by atoms with Crippen molar-refractivity contribution in [2.45, 2.75) is 13.2 Å². The summed E-state index contributed by atoms with van der Waals surface area (Å²) in [7, 11) is 0. The van der Waals surface area contributed by atoms with Crippen LogP contribution in [0.3, 0.4) is 0 Å². The summed E-state index contributed by atoms with van der Waals surface area (Å²) in [6, 6.07) is 11.7. The molecule has 0 saturated carbocycles. The Bertz CT molecular complexity index is 1290. The van der Waals surface area contributed by atoms with Crippen LogP contribution >= 0.6 is 0 Å². The molecule has 0 fully saturated rings. The Kier molecular flexibility index (Phi) is 3.77. The fourth-order valence-electron chi connectivity index (χ4n) is 3.39. The molecule has 0 aliphatic rings. The summed E-state index contributed by atoms with van der Waals surface area (Å²) in [5.41, 5.74) is 11.4. The molecule has 5 rings (SSSR count). The van der Waals surface area contributed by atoms with Gasteiger partial charge in [0.25, 0.3) is 0 Å². The van der Waals surface area contributed by atoms with Crippen LogP contribution in [0, 0.1) is 0 Å². The van der Waals surface area contributed by atoms with Gasteiger partial charge in [-0.3, -0.25) is 14.8 Å². The number of anilines is 1. The number of aliphatic hydroxyl groups excluding tert-OH is 1. The van der Waals surface area contributed by atoms with Gasteiger partial charge in [-0.15, -0.1) is 0 Å². The van der Waals surface area contributed by atoms with E-state index in [1.165, 1.54) is 0 Å². The predicted molar refractivity (Wildman–Crippen MR) is 106 cm³/mol. The topological polar surface area (TPSA) is 119 Å². The minimum Gasteiger partial charge on any atom is -0.390 e. The molecule has 0 bridgehead atoms. The standard InChI is InChI=1S/C20H17N7O/c21-20-16-10-27(9-12-3-5-22-14(7-12)11-28)26-19(16)15-2-1-13(8-18(15)24-20)17-4-6-23-25-17/h1-8,10,28H,9,11H2,(H2,21,24)(H,23,25). The lowest BCUT2D eigenvalue weighted by molar-refractivity contribution is 0.276. The Morgan fingerprint density at radius 3 is 2.82 bits per heavy atom. The summed E-state index contributed by atoms with van der Waals surface area (Å²) < 4.78 is 1.83. The van der Waals surface area contributed by atoms with E-state index in [4.69, 9.17) is 10.8 Å². The van der Waals surface area contributed by atoms with Crippen molar-refractivity contribution in [3.8, 4) is 11.3 Å². The molecule has 5 aromatic rings. The van der Waals surface area contributed by atoms with Crippen molar-refractivity contribution >= 4 is 27.6 Å². The lowest BCUT2D eigenvalue weighted by Gasteiger charge is -2.04. The first-order valence-corrected chi connectivity index (χ1v) is 8.82. The van der Waals surface area contributed by atoms with Crippen LogP contribution in [0.15, 0.2) is 55.0 Å². The first-order valence-electron chi connectivity index (χ1n) is 8.82. The maximum Gasteiger partial charge on any atom is 0.135 e. The maximum absolute atomic E-state index is 9.27. The fourth-order valence-corrected chi connectivity index (χ4v) is 3.39. The van der Waals surface area contributed by atoms with Gasteiger partial charge >= 0.3 is 0 Å². The van der Waals surface area contributed by atoms with Gasteiger partial charge in [0.05, 0.1) is 35.4 Å². The summed E-state index contributed by atoms with van der Waals surface area (Å²) in [5.74, 6) is 0.446. The van der Waals surface area contributed by atoms with Crippen molar-refractivity contribution in [1.29, 1.82) is 0 Å². The van der Waals surface area contributed by atoms with Crippen LogP contribution in [-0.2, 0) is 13.2 Å². The second-order valence-electron chi connectivity index (χ2n) is 6.60. The number of nitrogens with zero attached hydrogens (tertiary/aromatic N) is 5. The quantitative estimate of drug-likeness (QED) is 0.447. The molecule has 0 spiro atoms. The molecule has 0 radical (unpaired) electrons. The molecule has 4 heterocycles. The summed E-state index contributed by atoms with van der Waals surface area (Å²) in [6.45, 7) is 0.465. The lowest BCUT2D eigenvalue weighted by atomic mass is 10.1. The van der Waals surface area contributed by atoms with Crippen molar-refractivity contribution in [3.63, 3.8) is 0 Å². The third kappa shape index (κ3) is 2.76. The molecular weight excluding hydrogens is 354 g/mol. The molecule has 4 N–H and O–H groups in total. The molecule has 0 aliphatic carbocycles. The number of pyridine rings is 2. The minimum atomic E-state index is -0.0882. The Morgan fingerprint density at radius 1 is 1.07 bits per heavy atom. The van der Waals surface area contributed by atoms with Gasteiger partial charge in [0.1, 0.15) is 11.3 Å².